The highest BCUT2D eigenvalue weighted by molar-refractivity contribution is 8.15. The van der Waals surface area contributed by atoms with E-state index in [2.05, 4.69) is 17.1 Å². The summed E-state index contributed by atoms with van der Waals surface area (Å²) in [6.45, 7) is 2.10. The Bertz CT molecular complexity index is 896. The monoisotopic (exact) mass is 419 g/mol. The maximum absolute atomic E-state index is 12.5. The van der Waals surface area contributed by atoms with E-state index < -0.39 is 16.9 Å². The lowest BCUT2D eigenvalue weighted by Gasteiger charge is -2.23. The Kier molecular flexibility index (Phi) is 6.99. The number of thioether (sulfide) groups is 1. The van der Waals surface area contributed by atoms with Crippen molar-refractivity contribution in [2.24, 2.45) is 0 Å². The predicted octanol–water partition coefficient (Wildman–Crippen LogP) is 1.73. The minimum absolute atomic E-state index is 0.120. The fourth-order valence-electron chi connectivity index (χ4n) is 2.80. The quantitative estimate of drug-likeness (QED) is 0.503. The molecule has 10 heteroatoms. The second-order valence-corrected chi connectivity index (χ2v) is 7.43. The van der Waals surface area contributed by atoms with Gasteiger partial charge in [0.2, 0.25) is 5.88 Å². The van der Waals surface area contributed by atoms with Gasteiger partial charge in [-0.25, -0.2) is 4.98 Å². The number of hydrogen-bond donors (Lipinski definition) is 1. The fourth-order valence-corrected chi connectivity index (χ4v) is 3.49. The maximum Gasteiger partial charge on any atom is 0.308 e. The highest BCUT2D eigenvalue weighted by atomic mass is 32.2. The minimum atomic E-state index is -0.810. The summed E-state index contributed by atoms with van der Waals surface area (Å²) in [5.41, 5.74) is 1.63. The van der Waals surface area contributed by atoms with Crippen molar-refractivity contribution in [2.45, 2.75) is 39.4 Å². The molecule has 0 unspecified atom stereocenters. The van der Waals surface area contributed by atoms with Gasteiger partial charge >= 0.3 is 5.91 Å². The summed E-state index contributed by atoms with van der Waals surface area (Å²) in [7, 11) is 0. The summed E-state index contributed by atoms with van der Waals surface area (Å²) in [5, 5.41) is 12.8. The Balaban J connectivity index is 1.65. The largest absolute Gasteiger partial charge is 0.473 e. The number of carbonyl (C=O) groups is 3. The van der Waals surface area contributed by atoms with Gasteiger partial charge in [-0.3, -0.25) is 19.3 Å². The lowest BCUT2D eigenvalue weighted by Crippen LogP contribution is -2.45. The van der Waals surface area contributed by atoms with Gasteiger partial charge in [0.15, 0.2) is 5.76 Å². The first-order valence-electron chi connectivity index (χ1n) is 9.24. The van der Waals surface area contributed by atoms with Crippen molar-refractivity contribution in [2.75, 3.05) is 12.3 Å². The Hall–Kier alpha value is -2.72. The van der Waals surface area contributed by atoms with Crippen LogP contribution in [0, 0.1) is 0 Å². The van der Waals surface area contributed by atoms with Crippen LogP contribution < -0.4 is 4.74 Å². The van der Waals surface area contributed by atoms with Crippen molar-refractivity contribution in [1.82, 2.24) is 15.0 Å². The molecule has 2 aromatic rings. The Morgan fingerprint density at radius 3 is 2.90 bits per heavy atom. The van der Waals surface area contributed by atoms with E-state index in [0.29, 0.717) is 17.1 Å². The average Bonchev–Trinajstić information content (AvgIpc) is 3.14. The molecule has 3 rings (SSSR count). The molecule has 0 bridgehead atoms. The van der Waals surface area contributed by atoms with Gasteiger partial charge in [0, 0.05) is 24.6 Å². The second kappa shape index (κ2) is 9.66. The van der Waals surface area contributed by atoms with Gasteiger partial charge in [-0.15, -0.1) is 0 Å². The van der Waals surface area contributed by atoms with Crippen LogP contribution in [0.1, 0.15) is 47.1 Å². The topological polar surface area (TPSA) is 123 Å². The number of pyridine rings is 1. The fraction of sp³-hybridized carbons (Fsp3) is 0.421. The lowest BCUT2D eigenvalue weighted by molar-refractivity contribution is -0.138. The van der Waals surface area contributed by atoms with Crippen molar-refractivity contribution in [3.8, 4) is 5.88 Å². The second-order valence-electron chi connectivity index (χ2n) is 6.36. The number of aryl methyl sites for hydroxylation is 1. The molecule has 1 N–H and O–H groups in total. The zero-order valence-corrected chi connectivity index (χ0v) is 16.7. The van der Waals surface area contributed by atoms with Crippen molar-refractivity contribution >= 4 is 28.7 Å². The molecular formula is C19H21N3O6S. The number of aliphatic hydroxyl groups excluding tert-OH is 1. The number of unbranched alkanes of at least 4 members (excludes halogenated alkanes) is 1. The summed E-state index contributed by atoms with van der Waals surface area (Å²) < 4.78 is 10.8. The summed E-state index contributed by atoms with van der Waals surface area (Å²) in [6, 6.07) is 3.00. The molecule has 29 heavy (non-hydrogen) atoms. The zero-order valence-electron chi connectivity index (χ0n) is 15.9. The first-order valence-corrected chi connectivity index (χ1v) is 10.2. The summed E-state index contributed by atoms with van der Waals surface area (Å²) in [4.78, 5) is 40.8. The molecule has 2 aromatic heterocycles. The molecule has 0 atom stereocenters. The molecule has 9 nitrogen and oxygen atoms in total. The number of nitrogens with zero attached hydrogens (tertiary/aromatic N) is 3. The van der Waals surface area contributed by atoms with Crippen LogP contribution in [0.4, 0.5) is 0 Å². The molecule has 1 fully saturated rings. The van der Waals surface area contributed by atoms with Gasteiger partial charge in [-0.1, -0.05) is 30.3 Å². The number of imide groups is 1. The van der Waals surface area contributed by atoms with E-state index in [1.165, 1.54) is 18.3 Å². The van der Waals surface area contributed by atoms with Crippen molar-refractivity contribution in [1.29, 1.82) is 0 Å². The van der Waals surface area contributed by atoms with E-state index >= 15 is 0 Å². The van der Waals surface area contributed by atoms with E-state index in [9.17, 15) is 19.5 Å². The van der Waals surface area contributed by atoms with Crippen LogP contribution in [0.25, 0.3) is 0 Å². The van der Waals surface area contributed by atoms with Crippen LogP contribution in [0.3, 0.4) is 0 Å². The van der Waals surface area contributed by atoms with Crippen LogP contribution in [0.15, 0.2) is 22.9 Å². The number of rotatable bonds is 8. The van der Waals surface area contributed by atoms with Crippen LogP contribution in [-0.4, -0.2) is 49.4 Å². The van der Waals surface area contributed by atoms with Crippen LogP contribution in [-0.2, 0) is 29.2 Å². The van der Waals surface area contributed by atoms with E-state index in [-0.39, 0.29) is 31.2 Å². The summed E-state index contributed by atoms with van der Waals surface area (Å²) >= 11 is 0.911. The number of hydrogen-bond acceptors (Lipinski definition) is 9. The molecular weight excluding hydrogens is 398 g/mol. The van der Waals surface area contributed by atoms with Gasteiger partial charge < -0.3 is 14.4 Å². The van der Waals surface area contributed by atoms with E-state index in [4.69, 9.17) is 9.26 Å². The van der Waals surface area contributed by atoms with Crippen molar-refractivity contribution < 1.29 is 28.8 Å². The third kappa shape index (κ3) is 4.83. The minimum Gasteiger partial charge on any atom is -0.473 e. The number of aliphatic hydroxyl groups is 1. The van der Waals surface area contributed by atoms with Crippen molar-refractivity contribution in [3.63, 3.8) is 0 Å². The molecule has 2 amide bonds. The molecule has 0 radical (unpaired) electrons. The third-order valence-corrected chi connectivity index (χ3v) is 5.25. The number of carbonyl (C=O) groups excluding carboxylic acids is 3. The van der Waals surface area contributed by atoms with Gasteiger partial charge in [0.1, 0.15) is 13.2 Å². The van der Waals surface area contributed by atoms with Gasteiger partial charge in [0.25, 0.3) is 11.0 Å². The molecule has 1 saturated heterocycles. The van der Waals surface area contributed by atoms with Crippen LogP contribution in [0.2, 0.25) is 0 Å². The van der Waals surface area contributed by atoms with Gasteiger partial charge in [0.05, 0.1) is 16.8 Å². The number of aromatic nitrogens is 2. The molecule has 1 aliphatic rings. The zero-order chi connectivity index (χ0) is 20.8. The smallest absolute Gasteiger partial charge is 0.308 e. The number of amides is 2. The SMILES string of the molecule is CCCCc1noc(CO)c1COc1ccc(C(=O)N2CCSC(=O)C2=O)cn1. The van der Waals surface area contributed by atoms with Gasteiger partial charge in [-0.2, -0.15) is 0 Å². The number of ether oxygens (including phenoxy) is 1. The predicted molar refractivity (Wildman–Crippen MR) is 103 cm³/mol. The average molecular weight is 419 g/mol. The third-order valence-electron chi connectivity index (χ3n) is 4.42. The highest BCUT2D eigenvalue weighted by Gasteiger charge is 2.32. The molecule has 0 aliphatic carbocycles. The molecule has 3 heterocycles. The molecule has 0 saturated carbocycles. The molecule has 0 spiro atoms. The Morgan fingerprint density at radius 2 is 2.21 bits per heavy atom. The standard InChI is InChI=1S/C19H21N3O6S/c1-2-3-4-14-13(15(10-23)28-21-14)11-27-16-6-5-12(9-20-16)17(24)22-7-8-29-19(26)18(22)25/h5-6,9,23H,2-4,7-8,10-11H2,1H3. The highest BCUT2D eigenvalue weighted by Crippen LogP contribution is 2.20. The van der Waals surface area contributed by atoms with Crippen LogP contribution >= 0.6 is 11.8 Å². The van der Waals surface area contributed by atoms with E-state index in [1.807, 2.05) is 0 Å². The van der Waals surface area contributed by atoms with E-state index in [1.54, 1.807) is 0 Å². The Labute approximate surface area is 171 Å². The molecule has 1 aliphatic heterocycles. The summed E-state index contributed by atoms with van der Waals surface area (Å²) in [5.74, 6) is -0.364. The molecule has 154 valence electrons. The summed E-state index contributed by atoms with van der Waals surface area (Å²) in [6.07, 6.45) is 3.97. The lowest BCUT2D eigenvalue weighted by atomic mass is 10.1. The van der Waals surface area contributed by atoms with E-state index in [0.717, 1.165) is 41.6 Å². The van der Waals surface area contributed by atoms with Crippen molar-refractivity contribution in [3.05, 3.63) is 40.9 Å². The normalized spacial score (nSPS) is 14.3. The molecule has 0 aromatic carbocycles. The maximum atomic E-state index is 12.5. The first kappa shape index (κ1) is 21.0. The Morgan fingerprint density at radius 1 is 1.38 bits per heavy atom. The van der Waals surface area contributed by atoms with Crippen LogP contribution in [0.5, 0.6) is 5.88 Å². The van der Waals surface area contributed by atoms with Gasteiger partial charge in [-0.05, 0) is 18.9 Å². The first-order chi connectivity index (χ1) is 14.0.